The van der Waals surface area contributed by atoms with Crippen LogP contribution in [-0.2, 0) is 4.74 Å². The Labute approximate surface area is 171 Å². The van der Waals surface area contributed by atoms with E-state index in [2.05, 4.69) is 29.4 Å². The lowest BCUT2D eigenvalue weighted by molar-refractivity contribution is -0.00684. The minimum Gasteiger partial charge on any atom is -0.387 e. The highest BCUT2D eigenvalue weighted by Gasteiger charge is 2.28. The topological polar surface area (TPSA) is 69.1 Å². The van der Waals surface area contributed by atoms with Crippen molar-refractivity contribution in [2.45, 2.75) is 32.4 Å². The van der Waals surface area contributed by atoms with Crippen molar-refractivity contribution < 1.29 is 9.84 Å². The summed E-state index contributed by atoms with van der Waals surface area (Å²) >= 11 is 12.0. The molecule has 1 fully saturated rings. The van der Waals surface area contributed by atoms with E-state index in [9.17, 15) is 5.11 Å². The first-order chi connectivity index (χ1) is 12.8. The van der Waals surface area contributed by atoms with Gasteiger partial charge in [0.2, 0.25) is 0 Å². The van der Waals surface area contributed by atoms with E-state index in [1.807, 2.05) is 6.92 Å². The van der Waals surface area contributed by atoms with Crippen LogP contribution in [-0.4, -0.2) is 67.4 Å². The van der Waals surface area contributed by atoms with Crippen LogP contribution in [0.4, 0.5) is 0 Å². The summed E-state index contributed by atoms with van der Waals surface area (Å²) in [6.07, 6.45) is -0.739. The first-order valence-corrected chi connectivity index (χ1v) is 10.1. The van der Waals surface area contributed by atoms with Crippen molar-refractivity contribution in [2.75, 3.05) is 45.9 Å². The molecule has 1 aliphatic rings. The Bertz CT molecular complexity index is 614. The Hall–Kier alpha value is -1.05. The van der Waals surface area contributed by atoms with Crippen LogP contribution in [0.15, 0.2) is 23.2 Å². The lowest BCUT2D eigenvalue weighted by Gasteiger charge is -2.39. The first-order valence-electron chi connectivity index (χ1n) is 9.31. The summed E-state index contributed by atoms with van der Waals surface area (Å²) in [7, 11) is 0. The van der Waals surface area contributed by atoms with Crippen LogP contribution >= 0.6 is 23.2 Å². The number of rotatable bonds is 7. The predicted molar refractivity (Wildman–Crippen MR) is 112 cm³/mol. The molecule has 0 radical (unpaired) electrons. The summed E-state index contributed by atoms with van der Waals surface area (Å²) in [5, 5.41) is 17.9. The molecule has 1 heterocycles. The normalized spacial score (nSPS) is 17.6. The fourth-order valence-corrected chi connectivity index (χ4v) is 3.50. The highest BCUT2D eigenvalue weighted by atomic mass is 35.5. The van der Waals surface area contributed by atoms with Crippen molar-refractivity contribution in [2.24, 2.45) is 4.99 Å². The van der Waals surface area contributed by atoms with Crippen molar-refractivity contribution in [1.29, 1.82) is 0 Å². The molecular weight excluding hydrogens is 387 g/mol. The summed E-state index contributed by atoms with van der Waals surface area (Å²) in [5.41, 5.74) is 0.607. The molecule has 0 aliphatic carbocycles. The maximum Gasteiger partial charge on any atom is 0.191 e. The molecule has 27 heavy (non-hydrogen) atoms. The molecule has 1 aliphatic heterocycles. The van der Waals surface area contributed by atoms with Gasteiger partial charge in [-0.15, -0.1) is 0 Å². The fraction of sp³-hybridized carbons (Fsp3) is 0.632. The number of aliphatic hydroxyl groups is 1. The van der Waals surface area contributed by atoms with Crippen molar-refractivity contribution in [3.05, 3.63) is 33.8 Å². The molecule has 3 N–H and O–H groups in total. The van der Waals surface area contributed by atoms with Crippen LogP contribution in [0, 0.1) is 0 Å². The Kier molecular flexibility index (Phi) is 8.63. The molecule has 1 unspecified atom stereocenters. The Balaban J connectivity index is 1.96. The molecule has 1 saturated heterocycles. The maximum absolute atomic E-state index is 10.4. The molecule has 6 nitrogen and oxygen atoms in total. The van der Waals surface area contributed by atoms with Gasteiger partial charge in [-0.1, -0.05) is 23.2 Å². The van der Waals surface area contributed by atoms with Gasteiger partial charge in [-0.3, -0.25) is 9.89 Å². The van der Waals surface area contributed by atoms with Crippen LogP contribution in [0.5, 0.6) is 0 Å². The van der Waals surface area contributed by atoms with Gasteiger partial charge in [0.1, 0.15) is 0 Å². The van der Waals surface area contributed by atoms with E-state index in [4.69, 9.17) is 32.9 Å². The van der Waals surface area contributed by atoms with Crippen molar-refractivity contribution in [3.63, 3.8) is 0 Å². The van der Waals surface area contributed by atoms with Crippen LogP contribution in [0.25, 0.3) is 0 Å². The second-order valence-corrected chi connectivity index (χ2v) is 8.08. The molecule has 2 rings (SSSR count). The molecule has 1 aromatic rings. The zero-order valence-electron chi connectivity index (χ0n) is 16.3. The van der Waals surface area contributed by atoms with Crippen LogP contribution in [0.2, 0.25) is 10.0 Å². The van der Waals surface area contributed by atoms with Gasteiger partial charge < -0.3 is 20.5 Å². The number of benzene rings is 1. The van der Waals surface area contributed by atoms with Gasteiger partial charge in [0.25, 0.3) is 0 Å². The number of nitrogens with one attached hydrogen (secondary N) is 2. The number of hydrogen-bond donors (Lipinski definition) is 3. The fourth-order valence-electron chi connectivity index (χ4n) is 2.96. The van der Waals surface area contributed by atoms with Crippen molar-refractivity contribution in [1.82, 2.24) is 15.5 Å². The number of hydrogen-bond acceptors (Lipinski definition) is 4. The third kappa shape index (κ3) is 7.12. The van der Waals surface area contributed by atoms with E-state index in [0.717, 1.165) is 32.8 Å². The average molecular weight is 417 g/mol. The monoisotopic (exact) mass is 416 g/mol. The summed E-state index contributed by atoms with van der Waals surface area (Å²) in [6, 6.07) is 5.07. The Morgan fingerprint density at radius 1 is 1.22 bits per heavy atom. The number of aliphatic imine (C=N–C) groups is 1. The SMILES string of the molecule is CCNC(=NCC(C)(C)N1CCOCC1)NCC(O)c1cc(Cl)cc(Cl)c1. The van der Waals surface area contributed by atoms with E-state index in [1.54, 1.807) is 18.2 Å². The molecular formula is C19H30Cl2N4O2. The zero-order chi connectivity index (χ0) is 19.9. The number of halogens is 2. The molecule has 0 spiro atoms. The van der Waals surface area contributed by atoms with E-state index in [1.165, 1.54) is 0 Å². The minimum atomic E-state index is -0.739. The smallest absolute Gasteiger partial charge is 0.191 e. The lowest BCUT2D eigenvalue weighted by Crippen LogP contribution is -2.52. The van der Waals surface area contributed by atoms with Crippen molar-refractivity contribution in [3.8, 4) is 0 Å². The number of morpholine rings is 1. The molecule has 152 valence electrons. The Morgan fingerprint density at radius 3 is 2.44 bits per heavy atom. The third-order valence-electron chi connectivity index (χ3n) is 4.57. The maximum atomic E-state index is 10.4. The largest absolute Gasteiger partial charge is 0.387 e. The number of aliphatic hydroxyl groups excluding tert-OH is 1. The quantitative estimate of drug-likeness (QED) is 0.470. The summed E-state index contributed by atoms with van der Waals surface area (Å²) < 4.78 is 5.43. The minimum absolute atomic E-state index is 0.0643. The average Bonchev–Trinajstić information content (AvgIpc) is 2.63. The molecule has 0 bridgehead atoms. The molecule has 0 aromatic heterocycles. The summed E-state index contributed by atoms with van der Waals surface area (Å²) in [4.78, 5) is 7.11. The van der Waals surface area contributed by atoms with Gasteiger partial charge in [-0.05, 0) is 44.5 Å². The highest BCUT2D eigenvalue weighted by molar-refractivity contribution is 6.34. The van der Waals surface area contributed by atoms with Gasteiger partial charge in [-0.25, -0.2) is 0 Å². The van der Waals surface area contributed by atoms with Crippen molar-refractivity contribution >= 4 is 29.2 Å². The summed E-state index contributed by atoms with van der Waals surface area (Å²) in [5.74, 6) is 0.672. The molecule has 1 aromatic carbocycles. The molecule has 1 atom stereocenters. The van der Waals surface area contributed by atoms with E-state index < -0.39 is 6.10 Å². The first kappa shape index (κ1) is 22.2. The van der Waals surface area contributed by atoms with Crippen LogP contribution < -0.4 is 10.6 Å². The summed E-state index contributed by atoms with van der Waals surface area (Å²) in [6.45, 7) is 11.4. The van der Waals surface area contributed by atoms with Gasteiger partial charge >= 0.3 is 0 Å². The predicted octanol–water partition coefficient (Wildman–Crippen LogP) is 2.69. The van der Waals surface area contributed by atoms with Gasteiger partial charge in [0.05, 0.1) is 25.9 Å². The second-order valence-electron chi connectivity index (χ2n) is 7.21. The number of ether oxygens (including phenoxy) is 1. The second kappa shape index (κ2) is 10.5. The van der Waals surface area contributed by atoms with Crippen LogP contribution in [0.3, 0.4) is 0 Å². The van der Waals surface area contributed by atoms with E-state index in [-0.39, 0.29) is 5.54 Å². The standard InChI is InChI=1S/C19H30Cl2N4O2/c1-4-22-18(24-13-19(2,3)25-5-7-27-8-6-25)23-12-17(26)14-9-15(20)11-16(21)10-14/h9-11,17,26H,4-8,12-13H2,1-3H3,(H2,22,23,24). The van der Waals surface area contributed by atoms with Crippen LogP contribution in [0.1, 0.15) is 32.4 Å². The lowest BCUT2D eigenvalue weighted by atomic mass is 10.0. The van der Waals surface area contributed by atoms with Gasteiger partial charge in [0.15, 0.2) is 5.96 Å². The van der Waals surface area contributed by atoms with Gasteiger partial charge in [-0.2, -0.15) is 0 Å². The number of nitrogens with zero attached hydrogens (tertiary/aromatic N) is 2. The third-order valence-corrected chi connectivity index (χ3v) is 5.00. The van der Waals surface area contributed by atoms with Gasteiger partial charge in [0, 0.05) is 41.8 Å². The van der Waals surface area contributed by atoms with E-state index >= 15 is 0 Å². The highest BCUT2D eigenvalue weighted by Crippen LogP contribution is 2.23. The van der Waals surface area contributed by atoms with E-state index in [0.29, 0.717) is 34.7 Å². The Morgan fingerprint density at radius 2 is 1.85 bits per heavy atom. The zero-order valence-corrected chi connectivity index (χ0v) is 17.8. The number of guanidine groups is 1. The molecule has 0 saturated carbocycles. The molecule has 8 heteroatoms. The molecule has 0 amide bonds.